The van der Waals surface area contributed by atoms with Crippen LogP contribution in [0.15, 0.2) is 35.1 Å². The van der Waals surface area contributed by atoms with Gasteiger partial charge in [0.25, 0.3) is 5.56 Å². The van der Waals surface area contributed by atoms with E-state index in [1.54, 1.807) is 16.4 Å². The van der Waals surface area contributed by atoms with Crippen LogP contribution in [0.4, 0.5) is 4.79 Å². The third kappa shape index (κ3) is 4.09. The zero-order chi connectivity index (χ0) is 20.5. The first-order valence-corrected chi connectivity index (χ1v) is 9.46. The van der Waals surface area contributed by atoms with Gasteiger partial charge < -0.3 is 14.7 Å². The van der Waals surface area contributed by atoms with E-state index in [1.807, 2.05) is 51.1 Å². The van der Waals surface area contributed by atoms with Crippen LogP contribution in [0.1, 0.15) is 49.5 Å². The Kier molecular flexibility index (Phi) is 5.56. The van der Waals surface area contributed by atoms with E-state index in [-0.39, 0.29) is 18.7 Å². The molecule has 7 heteroatoms. The van der Waals surface area contributed by atoms with Crippen molar-refractivity contribution in [2.45, 2.75) is 52.3 Å². The third-order valence-corrected chi connectivity index (χ3v) is 4.76. The van der Waals surface area contributed by atoms with E-state index in [9.17, 15) is 14.7 Å². The van der Waals surface area contributed by atoms with Gasteiger partial charge in [-0.25, -0.2) is 9.78 Å². The van der Waals surface area contributed by atoms with E-state index in [0.717, 1.165) is 5.56 Å². The molecule has 0 spiro atoms. The number of amides is 1. The summed E-state index contributed by atoms with van der Waals surface area (Å²) < 4.78 is 6.99. The first-order valence-electron chi connectivity index (χ1n) is 9.46. The molecule has 2 aromatic rings. The molecule has 1 aromatic carbocycles. The fourth-order valence-electron chi connectivity index (χ4n) is 3.48. The fourth-order valence-corrected chi connectivity index (χ4v) is 3.48. The van der Waals surface area contributed by atoms with Gasteiger partial charge in [0.1, 0.15) is 11.4 Å². The maximum absolute atomic E-state index is 13.2. The molecule has 0 radical (unpaired) electrons. The Morgan fingerprint density at radius 3 is 2.57 bits per heavy atom. The number of fused-ring (bicyclic) bond motifs is 1. The lowest BCUT2D eigenvalue weighted by atomic mass is 10.0. The number of hydrogen-bond donors (Lipinski definition) is 1. The minimum atomic E-state index is -0.575. The van der Waals surface area contributed by atoms with Crippen LogP contribution in [-0.4, -0.2) is 44.4 Å². The van der Waals surface area contributed by atoms with Crippen molar-refractivity contribution in [3.63, 3.8) is 0 Å². The normalized spacial score (nSPS) is 15.1. The molecule has 1 aromatic heterocycles. The summed E-state index contributed by atoms with van der Waals surface area (Å²) in [4.78, 5) is 31.7. The lowest BCUT2D eigenvalue weighted by Crippen LogP contribution is -2.44. The molecule has 1 aliphatic rings. The molecule has 0 saturated carbocycles. The van der Waals surface area contributed by atoms with Crippen LogP contribution in [0.3, 0.4) is 0 Å². The highest BCUT2D eigenvalue weighted by Gasteiger charge is 2.29. The highest BCUT2D eigenvalue weighted by atomic mass is 16.6. The van der Waals surface area contributed by atoms with E-state index in [2.05, 4.69) is 4.98 Å². The Balaban J connectivity index is 1.94. The first kappa shape index (κ1) is 20.1. The average molecular weight is 385 g/mol. The summed E-state index contributed by atoms with van der Waals surface area (Å²) in [5.74, 6) is 0.512. The second-order valence-corrected chi connectivity index (χ2v) is 8.02. The monoisotopic (exact) mass is 385 g/mol. The van der Waals surface area contributed by atoms with Gasteiger partial charge in [0.2, 0.25) is 0 Å². The molecule has 1 amide bonds. The van der Waals surface area contributed by atoms with Crippen LogP contribution in [-0.2, 0) is 17.7 Å². The second-order valence-electron chi connectivity index (χ2n) is 8.02. The van der Waals surface area contributed by atoms with Crippen molar-refractivity contribution in [3.8, 4) is 0 Å². The summed E-state index contributed by atoms with van der Waals surface area (Å²) in [5.41, 5.74) is 1.31. The Morgan fingerprint density at radius 1 is 1.29 bits per heavy atom. The van der Waals surface area contributed by atoms with Crippen LogP contribution in [0, 0.1) is 6.92 Å². The van der Waals surface area contributed by atoms with E-state index in [0.29, 0.717) is 30.0 Å². The Labute approximate surface area is 164 Å². The summed E-state index contributed by atoms with van der Waals surface area (Å²) in [6.45, 7) is 7.66. The molecule has 0 fully saturated rings. The minimum Gasteiger partial charge on any atom is -0.444 e. The van der Waals surface area contributed by atoms with Crippen molar-refractivity contribution in [1.82, 2.24) is 14.5 Å². The largest absolute Gasteiger partial charge is 0.444 e. The SMILES string of the molecule is Cc1nc2c(c(=O)n1C(CO)c1ccccc1)CCN(C(=O)OC(C)(C)C)C2. The number of aryl methyl sites for hydroxylation is 1. The van der Waals surface area contributed by atoms with Crippen molar-refractivity contribution in [3.05, 3.63) is 63.3 Å². The summed E-state index contributed by atoms with van der Waals surface area (Å²) >= 11 is 0. The van der Waals surface area contributed by atoms with Gasteiger partial charge in [0, 0.05) is 12.1 Å². The Hall–Kier alpha value is -2.67. The van der Waals surface area contributed by atoms with E-state index >= 15 is 0 Å². The molecular formula is C21H27N3O4. The van der Waals surface area contributed by atoms with Crippen LogP contribution in [0.5, 0.6) is 0 Å². The molecule has 1 atom stereocenters. The van der Waals surface area contributed by atoms with Crippen molar-refractivity contribution >= 4 is 6.09 Å². The number of benzene rings is 1. The van der Waals surface area contributed by atoms with Crippen LogP contribution < -0.4 is 5.56 Å². The number of rotatable bonds is 3. The van der Waals surface area contributed by atoms with Gasteiger partial charge in [-0.2, -0.15) is 0 Å². The standard InChI is InChI=1S/C21H27N3O4/c1-14-22-17-12-23(20(27)28-21(2,3)4)11-10-16(17)19(26)24(14)18(13-25)15-8-6-5-7-9-15/h5-9,18,25H,10-13H2,1-4H3. The number of nitrogens with zero attached hydrogens (tertiary/aromatic N) is 3. The van der Waals surface area contributed by atoms with Crippen LogP contribution in [0.25, 0.3) is 0 Å². The zero-order valence-electron chi connectivity index (χ0n) is 16.8. The van der Waals surface area contributed by atoms with Crippen molar-refractivity contribution < 1.29 is 14.6 Å². The molecule has 1 aliphatic heterocycles. The van der Waals surface area contributed by atoms with Gasteiger partial charge in [0.15, 0.2) is 0 Å². The molecule has 0 aliphatic carbocycles. The molecular weight excluding hydrogens is 358 g/mol. The number of aliphatic hydroxyl groups excluding tert-OH is 1. The first-order chi connectivity index (χ1) is 13.2. The van der Waals surface area contributed by atoms with Gasteiger partial charge in [-0.3, -0.25) is 9.36 Å². The third-order valence-electron chi connectivity index (χ3n) is 4.76. The topological polar surface area (TPSA) is 84.7 Å². The van der Waals surface area contributed by atoms with Gasteiger partial charge in [-0.15, -0.1) is 0 Å². The summed E-state index contributed by atoms with van der Waals surface area (Å²) in [6.07, 6.45) is 0.00692. The van der Waals surface area contributed by atoms with Crippen LogP contribution >= 0.6 is 0 Å². The smallest absolute Gasteiger partial charge is 0.410 e. The molecule has 7 nitrogen and oxygen atoms in total. The number of ether oxygens (including phenoxy) is 1. The van der Waals surface area contributed by atoms with Crippen LogP contribution in [0.2, 0.25) is 0 Å². The highest BCUT2D eigenvalue weighted by molar-refractivity contribution is 5.68. The van der Waals surface area contributed by atoms with E-state index < -0.39 is 17.7 Å². The maximum Gasteiger partial charge on any atom is 0.410 e. The quantitative estimate of drug-likeness (QED) is 0.877. The van der Waals surface area contributed by atoms with Crippen molar-refractivity contribution in [2.75, 3.05) is 13.2 Å². The molecule has 28 heavy (non-hydrogen) atoms. The average Bonchev–Trinajstić information content (AvgIpc) is 2.64. The summed E-state index contributed by atoms with van der Waals surface area (Å²) in [6, 6.07) is 8.93. The number of carbonyl (C=O) groups is 1. The zero-order valence-corrected chi connectivity index (χ0v) is 16.8. The fraction of sp³-hybridized carbons (Fsp3) is 0.476. The summed E-state index contributed by atoms with van der Waals surface area (Å²) in [5, 5.41) is 9.95. The predicted octanol–water partition coefficient (Wildman–Crippen LogP) is 2.43. The number of aliphatic hydroxyl groups is 1. The highest BCUT2D eigenvalue weighted by Crippen LogP contribution is 2.22. The lowest BCUT2D eigenvalue weighted by molar-refractivity contribution is 0.0219. The molecule has 0 bridgehead atoms. The molecule has 1 unspecified atom stereocenters. The lowest BCUT2D eigenvalue weighted by Gasteiger charge is -2.31. The Bertz CT molecular complexity index is 916. The van der Waals surface area contributed by atoms with Crippen molar-refractivity contribution in [1.29, 1.82) is 0 Å². The molecule has 0 saturated heterocycles. The van der Waals surface area contributed by atoms with Gasteiger partial charge >= 0.3 is 6.09 Å². The van der Waals surface area contributed by atoms with Gasteiger partial charge in [0.05, 0.1) is 24.9 Å². The number of hydrogen-bond acceptors (Lipinski definition) is 5. The summed E-state index contributed by atoms with van der Waals surface area (Å²) in [7, 11) is 0. The van der Waals surface area contributed by atoms with Crippen molar-refractivity contribution in [2.24, 2.45) is 0 Å². The number of aromatic nitrogens is 2. The predicted molar refractivity (Wildman–Crippen MR) is 105 cm³/mol. The second kappa shape index (κ2) is 7.75. The van der Waals surface area contributed by atoms with Gasteiger partial charge in [-0.1, -0.05) is 30.3 Å². The molecule has 150 valence electrons. The minimum absolute atomic E-state index is 0.158. The van der Waals surface area contributed by atoms with E-state index in [1.165, 1.54) is 0 Å². The number of carbonyl (C=O) groups excluding carboxylic acids is 1. The molecule has 2 heterocycles. The van der Waals surface area contributed by atoms with Gasteiger partial charge in [-0.05, 0) is 39.7 Å². The molecule has 3 rings (SSSR count). The van der Waals surface area contributed by atoms with E-state index in [4.69, 9.17) is 4.74 Å². The molecule has 1 N–H and O–H groups in total. The Morgan fingerprint density at radius 2 is 1.96 bits per heavy atom. The maximum atomic E-state index is 13.2.